The first-order valence-electron chi connectivity index (χ1n) is 9.03. The Morgan fingerprint density at radius 2 is 1.70 bits per heavy atom. The Hall–Kier alpha value is -2.53. The minimum atomic E-state index is 0. The monoisotopic (exact) mass is 540 g/mol. The van der Waals surface area contributed by atoms with E-state index >= 15 is 0 Å². The maximum atomic E-state index is 5.89. The molecule has 2 aromatic heterocycles. The zero-order chi connectivity index (χ0) is 20.5. The third-order valence-corrected chi connectivity index (χ3v) is 4.84. The van der Waals surface area contributed by atoms with Crippen LogP contribution in [0.2, 0.25) is 0 Å². The standard InChI is InChI=1S/C21H24N4O3S.HI/c1-22-21(25-13-16-9-10-29-14-16)24-12-15-7-8-19(23-11-15)28-20-17(26-2)5-4-6-18(20)27-3;/h4-11,14H,12-13H2,1-3H3,(H2,22,24,25);1H. The number of guanidine groups is 1. The van der Waals surface area contributed by atoms with E-state index in [1.165, 1.54) is 5.56 Å². The van der Waals surface area contributed by atoms with Gasteiger partial charge in [-0.3, -0.25) is 4.99 Å². The maximum Gasteiger partial charge on any atom is 0.219 e. The number of methoxy groups -OCH3 is 2. The summed E-state index contributed by atoms with van der Waals surface area (Å²) < 4.78 is 16.6. The Labute approximate surface area is 197 Å². The molecule has 0 fully saturated rings. The van der Waals surface area contributed by atoms with Gasteiger partial charge in [-0.1, -0.05) is 12.1 Å². The normalized spacial score (nSPS) is 10.7. The van der Waals surface area contributed by atoms with Crippen LogP contribution in [0, 0.1) is 0 Å². The van der Waals surface area contributed by atoms with Crippen molar-refractivity contribution in [1.82, 2.24) is 15.6 Å². The summed E-state index contributed by atoms with van der Waals surface area (Å²) in [4.78, 5) is 8.62. The summed E-state index contributed by atoms with van der Waals surface area (Å²) in [5, 5.41) is 10.7. The molecule has 30 heavy (non-hydrogen) atoms. The predicted molar refractivity (Wildman–Crippen MR) is 131 cm³/mol. The Morgan fingerprint density at radius 3 is 2.23 bits per heavy atom. The fourth-order valence-electron chi connectivity index (χ4n) is 2.58. The van der Waals surface area contributed by atoms with E-state index in [1.807, 2.05) is 30.3 Å². The highest BCUT2D eigenvalue weighted by molar-refractivity contribution is 14.0. The van der Waals surface area contributed by atoms with Crippen molar-refractivity contribution in [2.24, 2.45) is 4.99 Å². The van der Waals surface area contributed by atoms with E-state index < -0.39 is 0 Å². The summed E-state index contributed by atoms with van der Waals surface area (Å²) in [6.45, 7) is 1.32. The van der Waals surface area contributed by atoms with Crippen LogP contribution >= 0.6 is 35.3 Å². The summed E-state index contributed by atoms with van der Waals surface area (Å²) in [6.07, 6.45) is 1.76. The van der Waals surface area contributed by atoms with Gasteiger partial charge in [0.05, 0.1) is 14.2 Å². The first kappa shape index (κ1) is 23.7. The van der Waals surface area contributed by atoms with Gasteiger partial charge in [-0.15, -0.1) is 24.0 Å². The zero-order valence-electron chi connectivity index (χ0n) is 17.0. The van der Waals surface area contributed by atoms with Crippen molar-refractivity contribution < 1.29 is 14.2 Å². The number of para-hydroxylation sites is 1. The van der Waals surface area contributed by atoms with Gasteiger partial charge in [0.15, 0.2) is 17.5 Å². The quantitative estimate of drug-likeness (QED) is 0.250. The summed E-state index contributed by atoms with van der Waals surface area (Å²) in [5.41, 5.74) is 2.23. The van der Waals surface area contributed by atoms with Crippen LogP contribution in [-0.4, -0.2) is 32.2 Å². The lowest BCUT2D eigenvalue weighted by atomic mass is 10.3. The molecule has 0 spiro atoms. The van der Waals surface area contributed by atoms with E-state index in [0.717, 1.165) is 18.1 Å². The number of nitrogens with one attached hydrogen (secondary N) is 2. The smallest absolute Gasteiger partial charge is 0.219 e. The molecule has 1 aromatic carbocycles. The van der Waals surface area contributed by atoms with Gasteiger partial charge < -0.3 is 24.8 Å². The number of benzene rings is 1. The Morgan fingerprint density at radius 1 is 1.00 bits per heavy atom. The fraction of sp³-hybridized carbons (Fsp3) is 0.238. The van der Waals surface area contributed by atoms with Crippen LogP contribution in [0.3, 0.4) is 0 Å². The average Bonchev–Trinajstić information content (AvgIpc) is 3.28. The average molecular weight is 540 g/mol. The Balaban J connectivity index is 0.00000320. The highest BCUT2D eigenvalue weighted by atomic mass is 127. The van der Waals surface area contributed by atoms with E-state index in [2.05, 4.69) is 37.4 Å². The van der Waals surface area contributed by atoms with Gasteiger partial charge in [0.2, 0.25) is 11.6 Å². The number of aliphatic imine (C=N–C) groups is 1. The second kappa shape index (κ2) is 12.2. The highest BCUT2D eigenvalue weighted by Gasteiger charge is 2.13. The molecule has 0 bridgehead atoms. The molecule has 3 rings (SSSR count). The van der Waals surface area contributed by atoms with Crippen LogP contribution in [0.25, 0.3) is 0 Å². The van der Waals surface area contributed by atoms with Gasteiger partial charge >= 0.3 is 0 Å². The number of hydrogen-bond acceptors (Lipinski definition) is 6. The molecule has 9 heteroatoms. The number of ether oxygens (including phenoxy) is 3. The number of aromatic nitrogens is 1. The van der Waals surface area contributed by atoms with E-state index in [-0.39, 0.29) is 24.0 Å². The van der Waals surface area contributed by atoms with Crippen molar-refractivity contribution in [3.8, 4) is 23.1 Å². The Bertz CT molecular complexity index is 912. The fourth-order valence-corrected chi connectivity index (χ4v) is 3.25. The molecule has 0 aliphatic rings. The van der Waals surface area contributed by atoms with Crippen molar-refractivity contribution in [2.45, 2.75) is 13.1 Å². The molecule has 2 N–H and O–H groups in total. The number of thiophene rings is 1. The maximum absolute atomic E-state index is 5.89. The topological polar surface area (TPSA) is 77.0 Å². The van der Waals surface area contributed by atoms with Crippen LogP contribution < -0.4 is 24.8 Å². The number of halogens is 1. The van der Waals surface area contributed by atoms with Crippen LogP contribution in [0.5, 0.6) is 23.1 Å². The second-order valence-electron chi connectivity index (χ2n) is 6.01. The minimum absolute atomic E-state index is 0. The van der Waals surface area contributed by atoms with Crippen molar-refractivity contribution in [3.05, 3.63) is 64.5 Å². The number of pyridine rings is 1. The Kier molecular flexibility index (Phi) is 9.68. The lowest BCUT2D eigenvalue weighted by molar-refractivity contribution is 0.342. The first-order chi connectivity index (χ1) is 14.2. The molecule has 0 saturated heterocycles. The molecule has 0 radical (unpaired) electrons. The third-order valence-electron chi connectivity index (χ3n) is 4.11. The van der Waals surface area contributed by atoms with Crippen LogP contribution in [0.4, 0.5) is 0 Å². The van der Waals surface area contributed by atoms with Gasteiger partial charge in [-0.2, -0.15) is 11.3 Å². The zero-order valence-corrected chi connectivity index (χ0v) is 20.2. The molecule has 0 saturated carbocycles. The molecule has 3 aromatic rings. The van der Waals surface area contributed by atoms with Gasteiger partial charge in [-0.05, 0) is 40.1 Å². The predicted octanol–water partition coefficient (Wildman–Crippen LogP) is 4.44. The number of nitrogens with zero attached hydrogens (tertiary/aromatic N) is 2. The summed E-state index contributed by atoms with van der Waals surface area (Å²) in [7, 11) is 4.92. The molecular formula is C21H25IN4O3S. The second-order valence-corrected chi connectivity index (χ2v) is 6.79. The summed E-state index contributed by atoms with van der Waals surface area (Å²) in [6, 6.07) is 11.3. The van der Waals surface area contributed by atoms with Crippen LogP contribution in [-0.2, 0) is 13.1 Å². The van der Waals surface area contributed by atoms with Crippen molar-refractivity contribution >= 4 is 41.3 Å². The highest BCUT2D eigenvalue weighted by Crippen LogP contribution is 2.39. The minimum Gasteiger partial charge on any atom is -0.493 e. The molecule has 0 atom stereocenters. The van der Waals surface area contributed by atoms with E-state index in [9.17, 15) is 0 Å². The molecule has 0 amide bonds. The lowest BCUT2D eigenvalue weighted by Gasteiger charge is -2.14. The largest absolute Gasteiger partial charge is 0.493 e. The third kappa shape index (κ3) is 6.49. The van der Waals surface area contributed by atoms with Crippen molar-refractivity contribution in [3.63, 3.8) is 0 Å². The molecule has 160 valence electrons. The molecule has 0 unspecified atom stereocenters. The van der Waals surface area contributed by atoms with E-state index in [1.54, 1.807) is 38.8 Å². The van der Waals surface area contributed by atoms with Crippen LogP contribution in [0.1, 0.15) is 11.1 Å². The van der Waals surface area contributed by atoms with Crippen molar-refractivity contribution in [2.75, 3.05) is 21.3 Å². The number of rotatable bonds is 8. The van der Waals surface area contributed by atoms with Gasteiger partial charge in [0, 0.05) is 32.4 Å². The SMILES string of the molecule is CN=C(NCc1ccc(Oc2c(OC)cccc2OC)nc1)NCc1ccsc1.I. The molecular weight excluding hydrogens is 515 g/mol. The van der Waals surface area contributed by atoms with E-state index in [4.69, 9.17) is 14.2 Å². The summed E-state index contributed by atoms with van der Waals surface area (Å²) >= 11 is 1.68. The molecule has 0 aliphatic carbocycles. The first-order valence-corrected chi connectivity index (χ1v) is 9.97. The van der Waals surface area contributed by atoms with Gasteiger partial charge in [0.25, 0.3) is 0 Å². The van der Waals surface area contributed by atoms with Gasteiger partial charge in [0.1, 0.15) is 0 Å². The number of hydrogen-bond donors (Lipinski definition) is 2. The molecule has 0 aliphatic heterocycles. The van der Waals surface area contributed by atoms with E-state index in [0.29, 0.717) is 29.7 Å². The molecule has 7 nitrogen and oxygen atoms in total. The lowest BCUT2D eigenvalue weighted by Crippen LogP contribution is -2.36. The summed E-state index contributed by atoms with van der Waals surface area (Å²) in [5.74, 6) is 2.84. The van der Waals surface area contributed by atoms with Gasteiger partial charge in [-0.25, -0.2) is 4.98 Å². The molecule has 2 heterocycles. The van der Waals surface area contributed by atoms with Crippen molar-refractivity contribution in [1.29, 1.82) is 0 Å². The van der Waals surface area contributed by atoms with Crippen LogP contribution in [0.15, 0.2) is 58.3 Å².